The molecule has 0 saturated heterocycles. The Balaban J connectivity index is 2.01. The van der Waals surface area contributed by atoms with Gasteiger partial charge in [-0.1, -0.05) is 12.1 Å². The first-order valence-electron chi connectivity index (χ1n) is 5.93. The van der Waals surface area contributed by atoms with E-state index >= 15 is 0 Å². The molecule has 0 unspecified atom stereocenters. The fourth-order valence-corrected chi connectivity index (χ4v) is 1.92. The first-order valence-corrected chi connectivity index (χ1v) is 5.93. The Hall–Kier alpha value is -1.43. The molecule has 1 N–H and O–H groups in total. The van der Waals surface area contributed by atoms with Gasteiger partial charge in [-0.25, -0.2) is 4.98 Å². The van der Waals surface area contributed by atoms with Crippen LogP contribution >= 0.6 is 0 Å². The maximum absolute atomic E-state index is 5.11. The van der Waals surface area contributed by atoms with Gasteiger partial charge in [-0.3, -0.25) is 0 Å². The number of nitrogens with zero attached hydrogens (tertiary/aromatic N) is 2. The highest BCUT2D eigenvalue weighted by Gasteiger charge is 2.08. The molecule has 2 aromatic rings. The number of ether oxygens (including phenoxy) is 2. The van der Waals surface area contributed by atoms with Gasteiger partial charge in [0.05, 0.1) is 17.6 Å². The highest BCUT2D eigenvalue weighted by molar-refractivity contribution is 5.75. The van der Waals surface area contributed by atoms with Gasteiger partial charge in [0.15, 0.2) is 6.29 Å². The van der Waals surface area contributed by atoms with Gasteiger partial charge in [0.1, 0.15) is 5.82 Å². The Morgan fingerprint density at radius 2 is 2.00 bits per heavy atom. The van der Waals surface area contributed by atoms with Crippen molar-refractivity contribution >= 4 is 11.0 Å². The predicted octanol–water partition coefficient (Wildman–Crippen LogP) is 1.28. The first-order chi connectivity index (χ1) is 8.76. The third-order valence-corrected chi connectivity index (χ3v) is 3.00. The molecule has 1 heterocycles. The zero-order chi connectivity index (χ0) is 13.0. The van der Waals surface area contributed by atoms with Crippen LogP contribution in [0.2, 0.25) is 0 Å². The summed E-state index contributed by atoms with van der Waals surface area (Å²) in [6, 6.07) is 8.11. The van der Waals surface area contributed by atoms with Crippen LogP contribution in [-0.2, 0) is 23.1 Å². The third kappa shape index (κ3) is 2.69. The van der Waals surface area contributed by atoms with Gasteiger partial charge in [-0.2, -0.15) is 0 Å². The highest BCUT2D eigenvalue weighted by Crippen LogP contribution is 2.13. The smallest absolute Gasteiger partial charge is 0.169 e. The number of para-hydroxylation sites is 2. The van der Waals surface area contributed by atoms with Crippen molar-refractivity contribution in [3.8, 4) is 0 Å². The molecule has 0 atom stereocenters. The molecule has 0 aliphatic heterocycles. The van der Waals surface area contributed by atoms with Crippen molar-refractivity contribution in [1.82, 2.24) is 14.9 Å². The van der Waals surface area contributed by atoms with Gasteiger partial charge in [-0.05, 0) is 12.1 Å². The number of imidazole rings is 1. The summed E-state index contributed by atoms with van der Waals surface area (Å²) >= 11 is 0. The van der Waals surface area contributed by atoms with Gasteiger partial charge in [0.2, 0.25) is 0 Å². The minimum atomic E-state index is -0.223. The molecule has 1 aromatic heterocycles. The van der Waals surface area contributed by atoms with Crippen LogP contribution in [0.1, 0.15) is 5.82 Å². The lowest BCUT2D eigenvalue weighted by Gasteiger charge is -2.13. The van der Waals surface area contributed by atoms with Crippen molar-refractivity contribution in [3.05, 3.63) is 30.1 Å². The number of aryl methyl sites for hydroxylation is 1. The summed E-state index contributed by atoms with van der Waals surface area (Å²) in [4.78, 5) is 4.58. The second kappa shape index (κ2) is 5.95. The molecule has 0 radical (unpaired) electrons. The van der Waals surface area contributed by atoms with Crippen molar-refractivity contribution in [2.24, 2.45) is 7.05 Å². The van der Waals surface area contributed by atoms with E-state index in [1.165, 1.54) is 0 Å². The van der Waals surface area contributed by atoms with Gasteiger partial charge in [0, 0.05) is 27.8 Å². The van der Waals surface area contributed by atoms with E-state index in [0.717, 1.165) is 16.9 Å². The fourth-order valence-electron chi connectivity index (χ4n) is 1.92. The van der Waals surface area contributed by atoms with Crippen LogP contribution in [0, 0.1) is 0 Å². The number of benzene rings is 1. The van der Waals surface area contributed by atoms with Crippen LogP contribution in [0.5, 0.6) is 0 Å². The molecular weight excluding hydrogens is 230 g/mol. The minimum absolute atomic E-state index is 0.223. The second-order valence-electron chi connectivity index (χ2n) is 4.11. The maximum atomic E-state index is 5.11. The number of hydrogen-bond donors (Lipinski definition) is 1. The van der Waals surface area contributed by atoms with Crippen molar-refractivity contribution in [1.29, 1.82) is 0 Å². The standard InChI is InChI=1S/C13H19N3O2/c1-16-11-7-5-4-6-10(11)15-12(16)8-14-9-13(17-2)18-3/h4-7,13-14H,8-9H2,1-3H3. The lowest BCUT2D eigenvalue weighted by atomic mass is 10.3. The lowest BCUT2D eigenvalue weighted by Crippen LogP contribution is -2.30. The van der Waals surface area contributed by atoms with Gasteiger partial charge in [0.25, 0.3) is 0 Å². The summed E-state index contributed by atoms with van der Waals surface area (Å²) in [5.41, 5.74) is 2.16. The molecule has 0 amide bonds. The summed E-state index contributed by atoms with van der Waals surface area (Å²) < 4.78 is 12.3. The van der Waals surface area contributed by atoms with Crippen LogP contribution < -0.4 is 5.32 Å². The lowest BCUT2D eigenvalue weighted by molar-refractivity contribution is -0.0989. The van der Waals surface area contributed by atoms with Crippen LogP contribution in [0.4, 0.5) is 0 Å². The largest absolute Gasteiger partial charge is 0.355 e. The molecule has 0 saturated carbocycles. The number of hydrogen-bond acceptors (Lipinski definition) is 4. The van der Waals surface area contributed by atoms with E-state index in [0.29, 0.717) is 13.1 Å². The number of nitrogens with one attached hydrogen (secondary N) is 1. The van der Waals surface area contributed by atoms with E-state index in [1.54, 1.807) is 14.2 Å². The van der Waals surface area contributed by atoms with E-state index in [4.69, 9.17) is 9.47 Å². The van der Waals surface area contributed by atoms with Crippen LogP contribution in [0.25, 0.3) is 11.0 Å². The van der Waals surface area contributed by atoms with Crippen molar-refractivity contribution in [2.45, 2.75) is 12.8 Å². The van der Waals surface area contributed by atoms with E-state index in [2.05, 4.69) is 20.9 Å². The summed E-state index contributed by atoms with van der Waals surface area (Å²) in [7, 11) is 5.28. The monoisotopic (exact) mass is 249 g/mol. The number of aromatic nitrogens is 2. The quantitative estimate of drug-likeness (QED) is 0.784. The second-order valence-corrected chi connectivity index (χ2v) is 4.11. The van der Waals surface area contributed by atoms with Crippen molar-refractivity contribution < 1.29 is 9.47 Å². The number of rotatable bonds is 6. The number of fused-ring (bicyclic) bond motifs is 1. The zero-order valence-corrected chi connectivity index (χ0v) is 11.0. The molecule has 2 rings (SSSR count). The molecule has 98 valence electrons. The fraction of sp³-hybridized carbons (Fsp3) is 0.462. The van der Waals surface area contributed by atoms with E-state index < -0.39 is 0 Å². The summed E-state index contributed by atoms with van der Waals surface area (Å²) in [6.45, 7) is 1.32. The van der Waals surface area contributed by atoms with Crippen LogP contribution in [-0.4, -0.2) is 36.6 Å². The summed E-state index contributed by atoms with van der Waals surface area (Å²) in [5, 5.41) is 3.27. The summed E-state index contributed by atoms with van der Waals surface area (Å²) in [6.07, 6.45) is -0.223. The van der Waals surface area contributed by atoms with Gasteiger partial charge in [-0.15, -0.1) is 0 Å². The Bertz CT molecular complexity index is 506. The zero-order valence-electron chi connectivity index (χ0n) is 11.0. The van der Waals surface area contributed by atoms with Crippen LogP contribution in [0.3, 0.4) is 0 Å². The maximum Gasteiger partial charge on any atom is 0.169 e. The van der Waals surface area contributed by atoms with Crippen LogP contribution in [0.15, 0.2) is 24.3 Å². The normalized spacial score (nSPS) is 11.6. The molecule has 0 aliphatic rings. The SMILES string of the molecule is COC(CNCc1nc2ccccc2n1C)OC. The Kier molecular flexibility index (Phi) is 4.30. The van der Waals surface area contributed by atoms with Crippen molar-refractivity contribution in [3.63, 3.8) is 0 Å². The highest BCUT2D eigenvalue weighted by atomic mass is 16.7. The molecule has 5 heteroatoms. The average Bonchev–Trinajstić information content (AvgIpc) is 2.72. The minimum Gasteiger partial charge on any atom is -0.355 e. The molecule has 18 heavy (non-hydrogen) atoms. The van der Waals surface area contributed by atoms with E-state index in [1.807, 2.05) is 25.2 Å². The molecule has 0 fully saturated rings. The molecule has 1 aromatic carbocycles. The van der Waals surface area contributed by atoms with E-state index in [9.17, 15) is 0 Å². The molecule has 0 bridgehead atoms. The Labute approximate surface area is 107 Å². The van der Waals surface area contributed by atoms with Crippen molar-refractivity contribution in [2.75, 3.05) is 20.8 Å². The topological polar surface area (TPSA) is 48.3 Å². The summed E-state index contributed by atoms with van der Waals surface area (Å²) in [5.74, 6) is 1.00. The van der Waals surface area contributed by atoms with Gasteiger partial charge >= 0.3 is 0 Å². The Morgan fingerprint density at radius 1 is 1.28 bits per heavy atom. The molecule has 0 aliphatic carbocycles. The average molecular weight is 249 g/mol. The van der Waals surface area contributed by atoms with E-state index in [-0.39, 0.29) is 6.29 Å². The predicted molar refractivity (Wildman–Crippen MR) is 70.2 cm³/mol. The third-order valence-electron chi connectivity index (χ3n) is 3.00. The molecule has 0 spiro atoms. The molecule has 5 nitrogen and oxygen atoms in total. The Morgan fingerprint density at radius 3 is 2.67 bits per heavy atom. The number of methoxy groups -OCH3 is 2. The van der Waals surface area contributed by atoms with Gasteiger partial charge < -0.3 is 19.4 Å². The first kappa shape index (κ1) is 13.0. The molecular formula is C13H19N3O2.